The minimum Gasteiger partial charge on any atom is -0.459 e. The Balaban J connectivity index is 1.73. The van der Waals surface area contributed by atoms with E-state index in [2.05, 4.69) is 10.3 Å². The maximum absolute atomic E-state index is 13.3. The van der Waals surface area contributed by atoms with Crippen molar-refractivity contribution in [3.8, 4) is 11.6 Å². The van der Waals surface area contributed by atoms with E-state index < -0.39 is 11.6 Å². The molecule has 0 aliphatic rings. The molecule has 7 heteroatoms. The van der Waals surface area contributed by atoms with Crippen LogP contribution in [0.25, 0.3) is 0 Å². The van der Waals surface area contributed by atoms with E-state index in [1.54, 1.807) is 18.2 Å². The molecule has 0 fully saturated rings. The minimum absolute atomic E-state index is 0.103. The van der Waals surface area contributed by atoms with Crippen LogP contribution in [0.3, 0.4) is 0 Å². The molecule has 0 aliphatic carbocycles. The number of furan rings is 1. The Bertz CT molecular complexity index is 851. The second kappa shape index (κ2) is 6.91. The summed E-state index contributed by atoms with van der Waals surface area (Å²) in [4.78, 5) is 15.9. The zero-order valence-corrected chi connectivity index (χ0v) is 12.3. The molecule has 1 amide bonds. The number of aromatic nitrogens is 1. The fraction of sp³-hybridized carbons (Fsp3) is 0.0588. The van der Waals surface area contributed by atoms with E-state index in [1.807, 2.05) is 0 Å². The number of rotatable bonds is 5. The second-order valence-electron chi connectivity index (χ2n) is 4.81. The molecule has 122 valence electrons. The van der Waals surface area contributed by atoms with Crippen LogP contribution >= 0.6 is 0 Å². The summed E-state index contributed by atoms with van der Waals surface area (Å²) >= 11 is 0. The zero-order chi connectivity index (χ0) is 16.9. The van der Waals surface area contributed by atoms with Gasteiger partial charge in [-0.2, -0.15) is 0 Å². The van der Waals surface area contributed by atoms with Gasteiger partial charge in [-0.25, -0.2) is 13.8 Å². The predicted octanol–water partition coefficient (Wildman–Crippen LogP) is 3.68. The van der Waals surface area contributed by atoms with E-state index in [0.29, 0.717) is 5.56 Å². The van der Waals surface area contributed by atoms with Crippen LogP contribution in [-0.2, 0) is 6.54 Å². The van der Waals surface area contributed by atoms with Gasteiger partial charge in [0.15, 0.2) is 17.4 Å². The lowest BCUT2D eigenvalue weighted by Crippen LogP contribution is -2.22. The first-order valence-corrected chi connectivity index (χ1v) is 7.02. The molecule has 2 heterocycles. The molecule has 0 spiro atoms. The first kappa shape index (κ1) is 15.7. The van der Waals surface area contributed by atoms with Crippen molar-refractivity contribution in [2.45, 2.75) is 6.54 Å². The van der Waals surface area contributed by atoms with Crippen molar-refractivity contribution in [2.75, 3.05) is 0 Å². The first-order chi connectivity index (χ1) is 11.6. The number of amides is 1. The minimum atomic E-state index is -1.02. The van der Waals surface area contributed by atoms with Gasteiger partial charge in [-0.05, 0) is 30.3 Å². The van der Waals surface area contributed by atoms with Gasteiger partial charge >= 0.3 is 0 Å². The van der Waals surface area contributed by atoms with Gasteiger partial charge in [0.25, 0.3) is 5.91 Å². The van der Waals surface area contributed by atoms with E-state index in [1.165, 1.54) is 24.6 Å². The molecule has 1 N–H and O–H groups in total. The van der Waals surface area contributed by atoms with Crippen LogP contribution in [0.5, 0.6) is 11.6 Å². The SMILES string of the molecule is O=C(NCc1cccnc1Oc1ccc(F)c(F)c1)c1ccco1. The Morgan fingerprint density at radius 1 is 1.17 bits per heavy atom. The molecular formula is C17H12F2N2O3. The molecule has 0 atom stereocenters. The molecule has 0 bridgehead atoms. The third-order valence-corrected chi connectivity index (χ3v) is 3.14. The monoisotopic (exact) mass is 330 g/mol. The van der Waals surface area contributed by atoms with Crippen LogP contribution < -0.4 is 10.1 Å². The van der Waals surface area contributed by atoms with Gasteiger partial charge < -0.3 is 14.5 Å². The molecule has 3 aromatic rings. The molecule has 1 aromatic carbocycles. The largest absolute Gasteiger partial charge is 0.459 e. The Labute approximate surface area is 135 Å². The summed E-state index contributed by atoms with van der Waals surface area (Å²) in [6.45, 7) is 0.131. The number of hydrogen-bond acceptors (Lipinski definition) is 4. The van der Waals surface area contributed by atoms with E-state index >= 15 is 0 Å². The summed E-state index contributed by atoms with van der Waals surface area (Å²) in [6.07, 6.45) is 2.89. The van der Waals surface area contributed by atoms with Crippen molar-refractivity contribution in [1.29, 1.82) is 0 Å². The highest BCUT2D eigenvalue weighted by Crippen LogP contribution is 2.24. The maximum Gasteiger partial charge on any atom is 0.287 e. The van der Waals surface area contributed by atoms with Crippen LogP contribution in [0.1, 0.15) is 16.1 Å². The normalized spacial score (nSPS) is 10.4. The fourth-order valence-electron chi connectivity index (χ4n) is 1.97. The summed E-state index contributed by atoms with van der Waals surface area (Å²) in [7, 11) is 0. The molecule has 5 nitrogen and oxygen atoms in total. The Morgan fingerprint density at radius 3 is 2.79 bits per heavy atom. The van der Waals surface area contributed by atoms with Crippen molar-refractivity contribution >= 4 is 5.91 Å². The van der Waals surface area contributed by atoms with Crippen molar-refractivity contribution < 1.29 is 22.7 Å². The number of nitrogens with zero attached hydrogens (tertiary/aromatic N) is 1. The van der Waals surface area contributed by atoms with Crippen LogP contribution in [0.4, 0.5) is 8.78 Å². The highest BCUT2D eigenvalue weighted by molar-refractivity contribution is 5.91. The Hall–Kier alpha value is -3.22. The molecule has 0 radical (unpaired) electrons. The summed E-state index contributed by atoms with van der Waals surface area (Å²) in [5.74, 6) is -1.90. The Morgan fingerprint density at radius 2 is 2.04 bits per heavy atom. The fourth-order valence-corrected chi connectivity index (χ4v) is 1.97. The summed E-state index contributed by atoms with van der Waals surface area (Å²) in [6, 6.07) is 9.70. The molecule has 3 rings (SSSR count). The average molecular weight is 330 g/mol. The Kier molecular flexibility index (Phi) is 4.51. The number of nitrogens with one attached hydrogen (secondary N) is 1. The number of halogens is 2. The van der Waals surface area contributed by atoms with Gasteiger partial charge in [0.05, 0.1) is 6.26 Å². The number of ether oxygens (including phenoxy) is 1. The van der Waals surface area contributed by atoms with Gasteiger partial charge in [0.1, 0.15) is 5.75 Å². The average Bonchev–Trinajstić information content (AvgIpc) is 3.12. The summed E-state index contributed by atoms with van der Waals surface area (Å²) < 4.78 is 36.7. The van der Waals surface area contributed by atoms with E-state index in [0.717, 1.165) is 12.1 Å². The van der Waals surface area contributed by atoms with Crippen molar-refractivity contribution in [3.05, 3.63) is 77.9 Å². The van der Waals surface area contributed by atoms with Crippen LogP contribution in [-0.4, -0.2) is 10.9 Å². The highest BCUT2D eigenvalue weighted by Gasteiger charge is 2.12. The topological polar surface area (TPSA) is 64.4 Å². The third kappa shape index (κ3) is 3.57. The standard InChI is InChI=1S/C17H12F2N2O3/c18-13-6-5-12(9-14(13)19)24-17-11(3-1-7-20-17)10-21-16(22)15-4-2-8-23-15/h1-9H,10H2,(H,21,22). The summed E-state index contributed by atoms with van der Waals surface area (Å²) in [5.41, 5.74) is 0.571. The third-order valence-electron chi connectivity index (χ3n) is 3.14. The smallest absolute Gasteiger partial charge is 0.287 e. The van der Waals surface area contributed by atoms with E-state index in [-0.39, 0.29) is 29.8 Å². The van der Waals surface area contributed by atoms with Gasteiger partial charge in [-0.1, -0.05) is 6.07 Å². The molecule has 2 aromatic heterocycles. The van der Waals surface area contributed by atoms with Gasteiger partial charge in [-0.3, -0.25) is 4.79 Å². The predicted molar refractivity (Wildman–Crippen MR) is 80.5 cm³/mol. The van der Waals surface area contributed by atoms with E-state index in [4.69, 9.17) is 9.15 Å². The number of carbonyl (C=O) groups excluding carboxylic acids is 1. The quantitative estimate of drug-likeness (QED) is 0.775. The summed E-state index contributed by atoms with van der Waals surface area (Å²) in [5, 5.41) is 2.66. The van der Waals surface area contributed by atoms with Crippen LogP contribution in [0.2, 0.25) is 0 Å². The van der Waals surface area contributed by atoms with Crippen molar-refractivity contribution in [2.24, 2.45) is 0 Å². The molecule has 0 saturated heterocycles. The highest BCUT2D eigenvalue weighted by atomic mass is 19.2. The molecule has 0 saturated carbocycles. The lowest BCUT2D eigenvalue weighted by Gasteiger charge is -2.10. The molecular weight excluding hydrogens is 318 g/mol. The molecule has 0 aliphatic heterocycles. The zero-order valence-electron chi connectivity index (χ0n) is 12.3. The van der Waals surface area contributed by atoms with Crippen molar-refractivity contribution in [3.63, 3.8) is 0 Å². The molecule has 24 heavy (non-hydrogen) atoms. The second-order valence-corrected chi connectivity index (χ2v) is 4.81. The van der Waals surface area contributed by atoms with E-state index in [9.17, 15) is 13.6 Å². The first-order valence-electron chi connectivity index (χ1n) is 7.02. The maximum atomic E-state index is 13.3. The number of benzene rings is 1. The molecule has 0 unspecified atom stereocenters. The number of carbonyl (C=O) groups is 1. The van der Waals surface area contributed by atoms with Crippen LogP contribution in [0, 0.1) is 11.6 Å². The lowest BCUT2D eigenvalue weighted by atomic mass is 10.2. The number of hydrogen-bond donors (Lipinski definition) is 1. The van der Waals surface area contributed by atoms with Crippen LogP contribution in [0.15, 0.2) is 59.3 Å². The van der Waals surface area contributed by atoms with Gasteiger partial charge in [0, 0.05) is 24.4 Å². The van der Waals surface area contributed by atoms with Gasteiger partial charge in [0.2, 0.25) is 5.88 Å². The van der Waals surface area contributed by atoms with Gasteiger partial charge in [-0.15, -0.1) is 0 Å². The van der Waals surface area contributed by atoms with Crippen molar-refractivity contribution in [1.82, 2.24) is 10.3 Å². The lowest BCUT2D eigenvalue weighted by molar-refractivity contribution is 0.0923. The number of pyridine rings is 1.